The summed E-state index contributed by atoms with van der Waals surface area (Å²) in [6.45, 7) is 3.99. The van der Waals surface area contributed by atoms with Crippen LogP contribution in [0.3, 0.4) is 0 Å². The number of hydrogen-bond acceptors (Lipinski definition) is 4. The molecule has 0 heterocycles. The smallest absolute Gasteiger partial charge is 0.253 e. The summed E-state index contributed by atoms with van der Waals surface area (Å²) in [6, 6.07) is 20.7. The summed E-state index contributed by atoms with van der Waals surface area (Å²) in [4.78, 5) is 25.6. The zero-order chi connectivity index (χ0) is 24.0. The van der Waals surface area contributed by atoms with Crippen molar-refractivity contribution in [1.82, 2.24) is 9.62 Å². The molecular formula is C25H27N3O4S. The lowest BCUT2D eigenvalue weighted by molar-refractivity contribution is -0.114. The van der Waals surface area contributed by atoms with E-state index in [-0.39, 0.29) is 23.3 Å². The number of benzene rings is 3. The minimum absolute atomic E-state index is 0.0866. The lowest BCUT2D eigenvalue weighted by Crippen LogP contribution is -2.26. The molecule has 3 aromatic rings. The van der Waals surface area contributed by atoms with E-state index in [0.29, 0.717) is 17.8 Å². The fourth-order valence-electron chi connectivity index (χ4n) is 3.28. The van der Waals surface area contributed by atoms with Crippen molar-refractivity contribution >= 4 is 27.5 Å². The van der Waals surface area contributed by atoms with Crippen LogP contribution in [-0.2, 0) is 27.9 Å². The van der Waals surface area contributed by atoms with Crippen molar-refractivity contribution in [2.75, 3.05) is 12.4 Å². The molecule has 0 saturated heterocycles. The van der Waals surface area contributed by atoms with Crippen molar-refractivity contribution in [2.24, 2.45) is 0 Å². The fourth-order valence-corrected chi connectivity index (χ4v) is 4.30. The van der Waals surface area contributed by atoms with Gasteiger partial charge in [-0.1, -0.05) is 36.4 Å². The van der Waals surface area contributed by atoms with Gasteiger partial charge in [-0.3, -0.25) is 9.59 Å². The van der Waals surface area contributed by atoms with Crippen LogP contribution >= 0.6 is 0 Å². The Bertz CT molecular complexity index is 1240. The third-order valence-electron chi connectivity index (χ3n) is 5.17. The second-order valence-corrected chi connectivity index (χ2v) is 9.58. The van der Waals surface area contributed by atoms with E-state index < -0.39 is 10.0 Å². The number of hydrogen-bond donors (Lipinski definition) is 2. The summed E-state index contributed by atoms with van der Waals surface area (Å²) < 4.78 is 27.6. The molecule has 2 N–H and O–H groups in total. The van der Waals surface area contributed by atoms with Gasteiger partial charge in [-0.05, 0) is 60.0 Å². The maximum absolute atomic E-state index is 12.8. The summed E-state index contributed by atoms with van der Waals surface area (Å²) in [5, 5.41) is 2.59. The molecule has 0 aromatic heterocycles. The highest BCUT2D eigenvalue weighted by Gasteiger charge is 2.15. The highest BCUT2D eigenvalue weighted by molar-refractivity contribution is 7.89. The molecule has 7 nitrogen and oxygen atoms in total. The van der Waals surface area contributed by atoms with E-state index in [1.165, 1.54) is 31.2 Å². The highest BCUT2D eigenvalue weighted by Crippen LogP contribution is 2.16. The number of aryl methyl sites for hydroxylation is 1. The number of rotatable bonds is 8. The van der Waals surface area contributed by atoms with Gasteiger partial charge < -0.3 is 10.2 Å². The average molecular weight is 466 g/mol. The standard InChI is InChI=1S/C25H27N3O4S/c1-18-6-4-5-7-22(18)17-28(3)25(30)21-10-8-20(9-11-21)16-26-33(31,32)24-14-12-23(13-15-24)27-19(2)29/h4-15,26H,16-17H2,1-3H3,(H,27,29). The molecule has 0 aliphatic heterocycles. The monoisotopic (exact) mass is 465 g/mol. The van der Waals surface area contributed by atoms with Gasteiger partial charge in [0.1, 0.15) is 0 Å². The summed E-state index contributed by atoms with van der Waals surface area (Å²) in [6.07, 6.45) is 0. The molecule has 2 amide bonds. The SMILES string of the molecule is CC(=O)Nc1ccc(S(=O)(=O)NCc2ccc(C(=O)N(C)Cc3ccccc3C)cc2)cc1. The van der Waals surface area contributed by atoms with Gasteiger partial charge in [0, 0.05) is 38.3 Å². The number of anilines is 1. The quantitative estimate of drug-likeness (QED) is 0.530. The van der Waals surface area contributed by atoms with Gasteiger partial charge in [0.25, 0.3) is 5.91 Å². The number of carbonyl (C=O) groups excluding carboxylic acids is 2. The van der Waals surface area contributed by atoms with Gasteiger partial charge in [0.15, 0.2) is 0 Å². The summed E-state index contributed by atoms with van der Waals surface area (Å²) in [5.41, 5.74) is 4.00. The van der Waals surface area contributed by atoms with Crippen molar-refractivity contribution in [3.63, 3.8) is 0 Å². The molecule has 0 saturated carbocycles. The van der Waals surface area contributed by atoms with Gasteiger partial charge in [-0.15, -0.1) is 0 Å². The Morgan fingerprint density at radius 1 is 0.909 bits per heavy atom. The molecule has 0 fully saturated rings. The van der Waals surface area contributed by atoms with Crippen molar-refractivity contribution in [1.29, 1.82) is 0 Å². The van der Waals surface area contributed by atoms with E-state index in [1.54, 1.807) is 36.2 Å². The molecule has 0 aliphatic carbocycles. The normalized spacial score (nSPS) is 11.1. The van der Waals surface area contributed by atoms with Crippen LogP contribution in [-0.4, -0.2) is 32.2 Å². The molecule has 0 unspecified atom stereocenters. The van der Waals surface area contributed by atoms with E-state index in [2.05, 4.69) is 10.0 Å². The Balaban J connectivity index is 1.60. The van der Waals surface area contributed by atoms with E-state index in [4.69, 9.17) is 0 Å². The molecule has 3 rings (SSSR count). The van der Waals surface area contributed by atoms with Crippen LogP contribution in [0.2, 0.25) is 0 Å². The topological polar surface area (TPSA) is 95.6 Å². The first-order chi connectivity index (χ1) is 15.7. The lowest BCUT2D eigenvalue weighted by atomic mass is 10.1. The van der Waals surface area contributed by atoms with Crippen LogP contribution in [0, 0.1) is 6.92 Å². The van der Waals surface area contributed by atoms with Crippen LogP contribution in [0.15, 0.2) is 77.7 Å². The predicted molar refractivity (Wildman–Crippen MR) is 128 cm³/mol. The Morgan fingerprint density at radius 3 is 2.15 bits per heavy atom. The van der Waals surface area contributed by atoms with Crippen LogP contribution in [0.4, 0.5) is 5.69 Å². The molecule has 33 heavy (non-hydrogen) atoms. The Kier molecular flexibility index (Phi) is 7.63. The van der Waals surface area contributed by atoms with Gasteiger partial charge in [-0.25, -0.2) is 13.1 Å². The zero-order valence-corrected chi connectivity index (χ0v) is 19.6. The molecule has 0 radical (unpaired) electrons. The number of nitrogens with one attached hydrogen (secondary N) is 2. The minimum atomic E-state index is -3.72. The number of sulfonamides is 1. The van der Waals surface area contributed by atoms with Crippen LogP contribution in [0.5, 0.6) is 0 Å². The maximum atomic E-state index is 12.8. The number of amides is 2. The predicted octanol–water partition coefficient (Wildman–Crippen LogP) is 3.70. The number of carbonyl (C=O) groups is 2. The molecule has 0 aliphatic rings. The molecule has 0 spiro atoms. The molecule has 172 valence electrons. The van der Waals surface area contributed by atoms with Crippen molar-refractivity contribution < 1.29 is 18.0 Å². The van der Waals surface area contributed by atoms with Crippen molar-refractivity contribution in [2.45, 2.75) is 31.8 Å². The van der Waals surface area contributed by atoms with Crippen molar-refractivity contribution in [3.8, 4) is 0 Å². The summed E-state index contributed by atoms with van der Waals surface area (Å²) in [7, 11) is -1.96. The largest absolute Gasteiger partial charge is 0.337 e. The maximum Gasteiger partial charge on any atom is 0.253 e. The van der Waals surface area contributed by atoms with Crippen LogP contribution in [0.1, 0.15) is 34.0 Å². The first kappa shape index (κ1) is 24.2. The summed E-state index contributed by atoms with van der Waals surface area (Å²) >= 11 is 0. The van der Waals surface area contributed by atoms with Gasteiger partial charge in [0.05, 0.1) is 4.90 Å². The van der Waals surface area contributed by atoms with E-state index in [9.17, 15) is 18.0 Å². The van der Waals surface area contributed by atoms with E-state index in [1.807, 2.05) is 31.2 Å². The molecule has 0 atom stereocenters. The molecule has 3 aromatic carbocycles. The Labute approximate surface area is 194 Å². The second kappa shape index (κ2) is 10.4. The van der Waals surface area contributed by atoms with Gasteiger partial charge in [0.2, 0.25) is 15.9 Å². The van der Waals surface area contributed by atoms with E-state index in [0.717, 1.165) is 16.7 Å². The van der Waals surface area contributed by atoms with Crippen molar-refractivity contribution in [3.05, 3.63) is 95.1 Å². The number of nitrogens with zero attached hydrogens (tertiary/aromatic N) is 1. The molecule has 8 heteroatoms. The first-order valence-electron chi connectivity index (χ1n) is 10.4. The third-order valence-corrected chi connectivity index (χ3v) is 6.58. The second-order valence-electron chi connectivity index (χ2n) is 7.81. The van der Waals surface area contributed by atoms with Crippen LogP contribution in [0.25, 0.3) is 0 Å². The third kappa shape index (κ3) is 6.50. The minimum Gasteiger partial charge on any atom is -0.337 e. The van der Waals surface area contributed by atoms with Gasteiger partial charge in [-0.2, -0.15) is 0 Å². The van der Waals surface area contributed by atoms with E-state index >= 15 is 0 Å². The lowest BCUT2D eigenvalue weighted by Gasteiger charge is -2.19. The molecule has 0 bridgehead atoms. The fraction of sp³-hybridized carbons (Fsp3) is 0.200. The Morgan fingerprint density at radius 2 is 1.55 bits per heavy atom. The summed E-state index contributed by atoms with van der Waals surface area (Å²) in [5.74, 6) is -0.336. The zero-order valence-electron chi connectivity index (χ0n) is 18.8. The van der Waals surface area contributed by atoms with Crippen LogP contribution < -0.4 is 10.0 Å². The average Bonchev–Trinajstić information content (AvgIpc) is 2.79. The molecular weight excluding hydrogens is 438 g/mol. The first-order valence-corrected chi connectivity index (χ1v) is 11.9. The van der Waals surface area contributed by atoms with Gasteiger partial charge >= 0.3 is 0 Å². The Hall–Kier alpha value is -3.49. The highest BCUT2D eigenvalue weighted by atomic mass is 32.2.